The van der Waals surface area contributed by atoms with E-state index >= 15 is 0 Å². The Morgan fingerprint density at radius 3 is 1.66 bits per heavy atom. The molecule has 0 atom stereocenters. The second-order valence-corrected chi connectivity index (χ2v) is 8.97. The fourth-order valence-electron chi connectivity index (χ4n) is 3.40. The molecule has 8 heteroatoms. The Hall–Kier alpha value is -3.10. The number of halogens is 2. The van der Waals surface area contributed by atoms with Crippen LogP contribution in [0.4, 0.5) is 0 Å². The summed E-state index contributed by atoms with van der Waals surface area (Å²) >= 11 is 6.64. The highest BCUT2D eigenvalue weighted by atomic mass is 79.9. The van der Waals surface area contributed by atoms with Gasteiger partial charge in [-0.3, -0.25) is 23.5 Å². The highest BCUT2D eigenvalue weighted by Gasteiger charge is 2.18. The van der Waals surface area contributed by atoms with Gasteiger partial charge in [0.2, 0.25) is 0 Å². The van der Waals surface area contributed by atoms with Crippen LogP contribution in [0.25, 0.3) is 10.9 Å². The van der Waals surface area contributed by atoms with Crippen molar-refractivity contribution in [2.45, 2.75) is 13.1 Å². The van der Waals surface area contributed by atoms with Gasteiger partial charge in [-0.2, -0.15) is 0 Å². The van der Waals surface area contributed by atoms with Crippen molar-refractivity contribution in [1.29, 1.82) is 0 Å². The first kappa shape index (κ1) is 22.1. The quantitative estimate of drug-likeness (QED) is 0.329. The Balaban J connectivity index is 1.79. The summed E-state index contributed by atoms with van der Waals surface area (Å²) in [5.74, 6) is -0.660. The third kappa shape index (κ3) is 4.42. The van der Waals surface area contributed by atoms with E-state index in [2.05, 4.69) is 31.9 Å². The van der Waals surface area contributed by atoms with Crippen LogP contribution in [0.5, 0.6) is 0 Å². The number of fused-ring (bicyclic) bond motifs is 1. The van der Waals surface area contributed by atoms with E-state index in [1.54, 1.807) is 72.8 Å². The van der Waals surface area contributed by atoms with Crippen molar-refractivity contribution >= 4 is 54.3 Å². The van der Waals surface area contributed by atoms with Gasteiger partial charge in [0, 0.05) is 20.1 Å². The normalized spacial score (nSPS) is 10.9. The molecule has 0 bridgehead atoms. The van der Waals surface area contributed by atoms with Gasteiger partial charge >= 0.3 is 5.69 Å². The van der Waals surface area contributed by atoms with Gasteiger partial charge in [0.1, 0.15) is 0 Å². The Morgan fingerprint density at radius 2 is 1.12 bits per heavy atom. The number of para-hydroxylation sites is 1. The average Bonchev–Trinajstić information content (AvgIpc) is 2.80. The molecule has 0 aliphatic carbocycles. The monoisotopic (exact) mass is 554 g/mol. The number of aromatic nitrogens is 2. The zero-order valence-electron chi connectivity index (χ0n) is 16.6. The lowest BCUT2D eigenvalue weighted by atomic mass is 10.1. The smallest absolute Gasteiger partial charge is 0.292 e. The molecule has 0 fully saturated rings. The maximum absolute atomic E-state index is 13.3. The first-order valence-electron chi connectivity index (χ1n) is 9.65. The number of nitrogens with zero attached hydrogens (tertiary/aromatic N) is 2. The van der Waals surface area contributed by atoms with Crippen LogP contribution in [0.3, 0.4) is 0 Å². The molecule has 6 nitrogen and oxygen atoms in total. The topological polar surface area (TPSA) is 78.1 Å². The summed E-state index contributed by atoms with van der Waals surface area (Å²) in [5.41, 5.74) is -0.105. The molecular formula is C24H16Br2N2O4. The number of hydrogen-bond donors (Lipinski definition) is 0. The van der Waals surface area contributed by atoms with Crippen molar-refractivity contribution in [3.8, 4) is 0 Å². The van der Waals surface area contributed by atoms with Crippen LogP contribution >= 0.6 is 31.9 Å². The minimum atomic E-state index is -0.704. The number of carbonyl (C=O) groups excluding carboxylic acids is 2. The number of Topliss-reactive ketones (excluding diaryl/α,β-unsaturated/α-hetero) is 2. The van der Waals surface area contributed by atoms with Crippen LogP contribution in [0.15, 0.2) is 91.3 Å². The molecule has 0 aliphatic rings. The Labute approximate surface area is 199 Å². The fraction of sp³-hybridized carbons (Fsp3) is 0.0833. The van der Waals surface area contributed by atoms with Crippen LogP contribution in [-0.4, -0.2) is 20.7 Å². The SMILES string of the molecule is O=C(Cn1c(=O)c2ccccc2n(CC(=O)c2ccc(Br)cc2)c1=O)c1ccc(Br)cc1. The van der Waals surface area contributed by atoms with E-state index in [0.29, 0.717) is 16.6 Å². The second kappa shape index (κ2) is 9.18. The summed E-state index contributed by atoms with van der Waals surface area (Å²) in [4.78, 5) is 51.9. The van der Waals surface area contributed by atoms with Crippen molar-refractivity contribution < 1.29 is 9.59 Å². The lowest BCUT2D eigenvalue weighted by Gasteiger charge is -2.13. The Morgan fingerprint density at radius 1 is 0.656 bits per heavy atom. The maximum atomic E-state index is 13.3. The third-order valence-corrected chi connectivity index (χ3v) is 6.13. The molecule has 3 aromatic carbocycles. The molecule has 0 unspecified atom stereocenters. The summed E-state index contributed by atoms with van der Waals surface area (Å²) in [6.07, 6.45) is 0. The zero-order chi connectivity index (χ0) is 22.8. The van der Waals surface area contributed by atoms with Crippen LogP contribution < -0.4 is 11.2 Å². The highest BCUT2D eigenvalue weighted by molar-refractivity contribution is 9.10. The van der Waals surface area contributed by atoms with Gasteiger partial charge in [0.15, 0.2) is 11.6 Å². The summed E-state index contributed by atoms with van der Waals surface area (Å²) in [6.45, 7) is -0.676. The van der Waals surface area contributed by atoms with Crippen LogP contribution in [0.2, 0.25) is 0 Å². The van der Waals surface area contributed by atoms with Gasteiger partial charge in [0.25, 0.3) is 5.56 Å². The number of rotatable bonds is 6. The molecule has 0 aliphatic heterocycles. The van der Waals surface area contributed by atoms with Crippen molar-refractivity contribution in [1.82, 2.24) is 9.13 Å². The van der Waals surface area contributed by atoms with E-state index in [-0.39, 0.29) is 23.5 Å². The van der Waals surface area contributed by atoms with Crippen molar-refractivity contribution in [2.75, 3.05) is 0 Å². The van der Waals surface area contributed by atoms with E-state index in [1.165, 1.54) is 4.57 Å². The van der Waals surface area contributed by atoms with E-state index in [4.69, 9.17) is 0 Å². The van der Waals surface area contributed by atoms with Gasteiger partial charge in [-0.05, 0) is 36.4 Å². The van der Waals surface area contributed by atoms with Crippen molar-refractivity contribution in [3.05, 3.63) is 114 Å². The molecule has 4 aromatic rings. The molecule has 0 saturated heterocycles. The minimum Gasteiger partial charge on any atom is -0.292 e. The summed E-state index contributed by atoms with van der Waals surface area (Å²) < 4.78 is 3.78. The molecule has 4 rings (SSSR count). The highest BCUT2D eigenvalue weighted by Crippen LogP contribution is 2.14. The largest absolute Gasteiger partial charge is 0.332 e. The minimum absolute atomic E-state index is 0.256. The molecule has 1 heterocycles. The molecule has 0 amide bonds. The summed E-state index contributed by atoms with van der Waals surface area (Å²) in [5, 5.41) is 0.263. The predicted octanol–water partition coefficient (Wildman–Crippen LogP) is 4.45. The lowest BCUT2D eigenvalue weighted by Crippen LogP contribution is -2.42. The summed E-state index contributed by atoms with van der Waals surface area (Å²) in [6, 6.07) is 20.0. The standard InChI is InChI=1S/C24H16Br2N2O4/c25-17-9-5-15(6-10-17)21(29)13-27-20-4-2-1-3-19(20)23(31)28(24(27)32)14-22(30)16-7-11-18(26)12-8-16/h1-12H,13-14H2. The fourth-order valence-corrected chi connectivity index (χ4v) is 3.93. The first-order chi connectivity index (χ1) is 15.3. The predicted molar refractivity (Wildman–Crippen MR) is 129 cm³/mol. The molecule has 1 aromatic heterocycles. The second-order valence-electron chi connectivity index (χ2n) is 7.14. The zero-order valence-corrected chi connectivity index (χ0v) is 19.8. The molecule has 32 heavy (non-hydrogen) atoms. The van der Waals surface area contributed by atoms with Gasteiger partial charge in [-0.15, -0.1) is 0 Å². The van der Waals surface area contributed by atoms with Gasteiger partial charge in [-0.1, -0.05) is 68.3 Å². The number of benzene rings is 3. The Bertz CT molecular complexity index is 1450. The molecular weight excluding hydrogens is 540 g/mol. The number of hydrogen-bond acceptors (Lipinski definition) is 4. The average molecular weight is 556 g/mol. The van der Waals surface area contributed by atoms with Gasteiger partial charge in [0.05, 0.1) is 24.0 Å². The van der Waals surface area contributed by atoms with Crippen LogP contribution in [0, 0.1) is 0 Å². The van der Waals surface area contributed by atoms with Gasteiger partial charge in [-0.25, -0.2) is 4.79 Å². The summed E-state index contributed by atoms with van der Waals surface area (Å²) in [7, 11) is 0. The van der Waals surface area contributed by atoms with E-state index in [0.717, 1.165) is 13.5 Å². The number of ketones is 2. The van der Waals surface area contributed by atoms with Crippen molar-refractivity contribution in [2.24, 2.45) is 0 Å². The van der Waals surface area contributed by atoms with Crippen LogP contribution in [0.1, 0.15) is 20.7 Å². The maximum Gasteiger partial charge on any atom is 0.332 e. The van der Waals surface area contributed by atoms with E-state index in [9.17, 15) is 19.2 Å². The molecule has 0 spiro atoms. The Kier molecular flexibility index (Phi) is 6.34. The van der Waals surface area contributed by atoms with E-state index in [1.807, 2.05) is 0 Å². The van der Waals surface area contributed by atoms with Gasteiger partial charge < -0.3 is 0 Å². The van der Waals surface area contributed by atoms with Crippen LogP contribution in [-0.2, 0) is 13.1 Å². The third-order valence-electron chi connectivity index (χ3n) is 5.07. The first-order valence-corrected chi connectivity index (χ1v) is 11.2. The van der Waals surface area contributed by atoms with Crippen molar-refractivity contribution in [3.63, 3.8) is 0 Å². The molecule has 0 saturated carbocycles. The van der Waals surface area contributed by atoms with E-state index < -0.39 is 17.8 Å². The molecule has 160 valence electrons. The molecule has 0 N–H and O–H groups in total. The molecule has 0 radical (unpaired) electrons. The lowest BCUT2D eigenvalue weighted by molar-refractivity contribution is 0.0969. The number of carbonyl (C=O) groups is 2.